The summed E-state index contributed by atoms with van der Waals surface area (Å²) in [5.41, 5.74) is 2.17. The topological polar surface area (TPSA) is 36.4 Å². The number of pyridine rings is 1. The van der Waals surface area contributed by atoms with Gasteiger partial charge in [0.05, 0.1) is 8.66 Å². The molecule has 2 aromatic rings. The minimum absolute atomic E-state index is 0. The Kier molecular flexibility index (Phi) is 10.8. The van der Waals surface area contributed by atoms with Gasteiger partial charge in [-0.15, -0.1) is 36.2 Å². The summed E-state index contributed by atoms with van der Waals surface area (Å²) in [5, 5.41) is 0.562. The number of rotatable bonds is 6. The van der Waals surface area contributed by atoms with Crippen LogP contribution >= 0.6 is 63.7 Å². The lowest BCUT2D eigenvalue weighted by molar-refractivity contribution is 0.0926. The Balaban J connectivity index is 0.00000182. The maximum Gasteiger partial charge on any atom is 0.174 e. The quantitative estimate of drug-likeness (QED) is 0.396. The normalized spacial score (nSPS) is 15.1. The summed E-state index contributed by atoms with van der Waals surface area (Å²) in [4.78, 5) is 22.1. The molecule has 0 N–H and O–H groups in total. The second kappa shape index (κ2) is 11.7. The smallest absolute Gasteiger partial charge is 0.174 e. The zero-order valence-electron chi connectivity index (χ0n) is 15.0. The zero-order valence-corrected chi connectivity index (χ0v) is 19.8. The molecule has 0 unspecified atom stereocenters. The van der Waals surface area contributed by atoms with Crippen LogP contribution in [-0.2, 0) is 6.54 Å². The number of aryl methyl sites for hydroxylation is 1. The molecule has 1 saturated heterocycles. The predicted octanol–water partition coefficient (Wildman–Crippen LogP) is 5.10. The van der Waals surface area contributed by atoms with Crippen molar-refractivity contribution in [2.24, 2.45) is 0 Å². The fraction of sp³-hybridized carbons (Fsp3) is 0.444. The van der Waals surface area contributed by atoms with E-state index in [1.165, 1.54) is 16.9 Å². The first-order valence-corrected chi connectivity index (χ1v) is 10.3. The number of aromatic nitrogens is 1. The molecule has 0 radical (unpaired) electrons. The minimum atomic E-state index is 0. The predicted molar refractivity (Wildman–Crippen MR) is 121 cm³/mol. The Labute approximate surface area is 190 Å². The molecule has 0 saturated carbocycles. The number of Topliss-reactive ketones (excluding diaryl/α,β-unsaturated/α-hetero) is 1. The van der Waals surface area contributed by atoms with E-state index in [0.29, 0.717) is 11.6 Å². The molecule has 2 aromatic heterocycles. The average Bonchev–Trinajstić information content (AvgIpc) is 2.99. The van der Waals surface area contributed by atoms with Crippen LogP contribution in [0.2, 0.25) is 5.15 Å². The highest BCUT2D eigenvalue weighted by atomic mass is 79.9. The summed E-state index contributed by atoms with van der Waals surface area (Å²) in [7, 11) is 0. The molecular weight excluding hydrogens is 493 g/mol. The average molecular weight is 516 g/mol. The maximum atomic E-state index is 12.2. The Morgan fingerprint density at radius 1 is 1.19 bits per heavy atom. The van der Waals surface area contributed by atoms with Crippen molar-refractivity contribution in [3.8, 4) is 0 Å². The van der Waals surface area contributed by atoms with Gasteiger partial charge in [-0.25, -0.2) is 4.98 Å². The summed E-state index contributed by atoms with van der Waals surface area (Å²) in [6, 6.07) is 7.87. The van der Waals surface area contributed by atoms with Crippen molar-refractivity contribution in [1.29, 1.82) is 0 Å². The van der Waals surface area contributed by atoms with Crippen molar-refractivity contribution in [2.75, 3.05) is 32.7 Å². The van der Waals surface area contributed by atoms with E-state index in [-0.39, 0.29) is 30.6 Å². The second-order valence-corrected chi connectivity index (χ2v) is 9.18. The lowest BCUT2D eigenvalue weighted by Gasteiger charge is -2.34. The van der Waals surface area contributed by atoms with Crippen LogP contribution in [0.1, 0.15) is 27.3 Å². The van der Waals surface area contributed by atoms with Crippen molar-refractivity contribution in [2.45, 2.75) is 19.9 Å². The lowest BCUT2D eigenvalue weighted by Crippen LogP contribution is -2.46. The van der Waals surface area contributed by atoms with Gasteiger partial charge in [0, 0.05) is 51.4 Å². The van der Waals surface area contributed by atoms with Gasteiger partial charge in [-0.05, 0) is 52.7 Å². The van der Waals surface area contributed by atoms with Gasteiger partial charge in [0.25, 0.3) is 0 Å². The monoisotopic (exact) mass is 513 g/mol. The molecule has 150 valence electrons. The third-order valence-electron chi connectivity index (χ3n) is 4.36. The molecule has 0 aromatic carbocycles. The molecule has 1 aliphatic rings. The Hall–Kier alpha value is -0.210. The highest BCUT2D eigenvalue weighted by molar-refractivity contribution is 9.11. The van der Waals surface area contributed by atoms with E-state index >= 15 is 0 Å². The maximum absolute atomic E-state index is 12.2. The van der Waals surface area contributed by atoms with Gasteiger partial charge in [0.2, 0.25) is 0 Å². The molecule has 1 fully saturated rings. The number of ketones is 1. The molecule has 3 rings (SSSR count). The number of halogens is 4. The van der Waals surface area contributed by atoms with Crippen molar-refractivity contribution < 1.29 is 4.79 Å². The van der Waals surface area contributed by atoms with E-state index < -0.39 is 0 Å². The van der Waals surface area contributed by atoms with Crippen LogP contribution < -0.4 is 0 Å². The standard InChI is InChI=1S/C18H21BrClN3OS.2ClH/c1-13-10-14(11-18(20)21-13)12-23-8-6-22(7-9-23)5-4-15(24)16-2-3-17(19)25-16;;/h2-3,10-11H,4-9,12H2,1H3;2*1H. The van der Waals surface area contributed by atoms with Gasteiger partial charge in [0.15, 0.2) is 5.78 Å². The van der Waals surface area contributed by atoms with Crippen LogP contribution in [0.5, 0.6) is 0 Å². The summed E-state index contributed by atoms with van der Waals surface area (Å²) in [5.74, 6) is 0.236. The first kappa shape index (κ1) is 24.8. The SMILES string of the molecule is Cc1cc(CN2CCN(CCC(=O)c3ccc(Br)s3)CC2)cc(Cl)n1.Cl.Cl. The zero-order chi connectivity index (χ0) is 17.8. The summed E-state index contributed by atoms with van der Waals surface area (Å²) >= 11 is 11.0. The van der Waals surface area contributed by atoms with Gasteiger partial charge in [-0.1, -0.05) is 11.6 Å². The van der Waals surface area contributed by atoms with Crippen LogP contribution in [0.4, 0.5) is 0 Å². The van der Waals surface area contributed by atoms with E-state index in [1.807, 2.05) is 25.1 Å². The number of piperazine rings is 1. The van der Waals surface area contributed by atoms with Crippen LogP contribution in [0.15, 0.2) is 28.1 Å². The number of thiophene rings is 1. The number of carbonyl (C=O) groups is 1. The first-order chi connectivity index (χ1) is 12.0. The molecular formula is C18H23BrCl3N3OS. The summed E-state index contributed by atoms with van der Waals surface area (Å²) in [6.07, 6.45) is 0.589. The van der Waals surface area contributed by atoms with Crippen molar-refractivity contribution in [3.05, 3.63) is 49.3 Å². The van der Waals surface area contributed by atoms with Crippen LogP contribution in [0.25, 0.3) is 0 Å². The van der Waals surface area contributed by atoms with E-state index in [0.717, 1.165) is 53.6 Å². The van der Waals surface area contributed by atoms with E-state index in [1.54, 1.807) is 0 Å². The van der Waals surface area contributed by atoms with Gasteiger partial charge in [-0.3, -0.25) is 9.69 Å². The largest absolute Gasteiger partial charge is 0.300 e. The van der Waals surface area contributed by atoms with Gasteiger partial charge in [0.1, 0.15) is 5.15 Å². The van der Waals surface area contributed by atoms with Gasteiger partial charge < -0.3 is 4.90 Å². The van der Waals surface area contributed by atoms with E-state index in [2.05, 4.69) is 36.8 Å². The molecule has 1 aliphatic heterocycles. The molecule has 0 bridgehead atoms. The fourth-order valence-corrected chi connectivity index (χ4v) is 4.69. The van der Waals surface area contributed by atoms with Gasteiger partial charge in [-0.2, -0.15) is 0 Å². The summed E-state index contributed by atoms with van der Waals surface area (Å²) < 4.78 is 1.01. The first-order valence-electron chi connectivity index (χ1n) is 8.36. The molecule has 4 nitrogen and oxygen atoms in total. The lowest BCUT2D eigenvalue weighted by atomic mass is 10.2. The molecule has 0 spiro atoms. The van der Waals surface area contributed by atoms with Crippen LogP contribution in [0, 0.1) is 6.92 Å². The molecule has 27 heavy (non-hydrogen) atoms. The molecule has 9 heteroatoms. The second-order valence-electron chi connectivity index (χ2n) is 6.33. The third kappa shape index (κ3) is 7.61. The molecule has 3 heterocycles. The Morgan fingerprint density at radius 3 is 2.44 bits per heavy atom. The van der Waals surface area contributed by atoms with E-state index in [9.17, 15) is 4.79 Å². The molecule has 0 aliphatic carbocycles. The summed E-state index contributed by atoms with van der Waals surface area (Å²) in [6.45, 7) is 7.73. The third-order valence-corrected chi connectivity index (χ3v) is 6.21. The molecule has 0 amide bonds. The Bertz CT molecular complexity index is 731. The van der Waals surface area contributed by atoms with Crippen molar-refractivity contribution in [3.63, 3.8) is 0 Å². The number of nitrogens with zero attached hydrogens (tertiary/aromatic N) is 3. The van der Waals surface area contributed by atoms with E-state index in [4.69, 9.17) is 11.6 Å². The van der Waals surface area contributed by atoms with Crippen molar-refractivity contribution in [1.82, 2.24) is 14.8 Å². The highest BCUT2D eigenvalue weighted by Crippen LogP contribution is 2.23. The Morgan fingerprint density at radius 2 is 1.85 bits per heavy atom. The number of hydrogen-bond acceptors (Lipinski definition) is 5. The van der Waals surface area contributed by atoms with Gasteiger partial charge >= 0.3 is 0 Å². The van der Waals surface area contributed by atoms with Crippen molar-refractivity contribution >= 4 is 69.5 Å². The number of carbonyl (C=O) groups excluding carboxylic acids is 1. The van der Waals surface area contributed by atoms with Crippen LogP contribution in [-0.4, -0.2) is 53.3 Å². The minimum Gasteiger partial charge on any atom is -0.300 e. The number of hydrogen-bond donors (Lipinski definition) is 0. The van der Waals surface area contributed by atoms with Crippen LogP contribution in [0.3, 0.4) is 0 Å². The highest BCUT2D eigenvalue weighted by Gasteiger charge is 2.18. The fourth-order valence-electron chi connectivity index (χ4n) is 3.06. The molecule has 0 atom stereocenters.